The Morgan fingerprint density at radius 1 is 1.35 bits per heavy atom. The van der Waals surface area contributed by atoms with Gasteiger partial charge in [-0.15, -0.1) is 0 Å². The summed E-state index contributed by atoms with van der Waals surface area (Å²) in [5.41, 5.74) is 5.93. The molecular formula is C15H20FNO2S. The predicted molar refractivity (Wildman–Crippen MR) is 79.7 cm³/mol. The van der Waals surface area contributed by atoms with Crippen LogP contribution in [0.2, 0.25) is 0 Å². The maximum Gasteiger partial charge on any atom is 0.167 e. The predicted octanol–water partition coefficient (Wildman–Crippen LogP) is 3.23. The van der Waals surface area contributed by atoms with Crippen molar-refractivity contribution < 1.29 is 13.9 Å². The first-order valence-corrected chi connectivity index (χ1v) is 8.26. The molecule has 2 fully saturated rings. The zero-order valence-corrected chi connectivity index (χ0v) is 12.3. The lowest BCUT2D eigenvalue weighted by Crippen LogP contribution is -2.46. The molecule has 3 rings (SSSR count). The van der Waals surface area contributed by atoms with Crippen molar-refractivity contribution in [3.63, 3.8) is 0 Å². The van der Waals surface area contributed by atoms with Gasteiger partial charge in [0.25, 0.3) is 0 Å². The van der Waals surface area contributed by atoms with Crippen molar-refractivity contribution in [3.8, 4) is 5.75 Å². The topological polar surface area (TPSA) is 44.5 Å². The Hall–Kier alpha value is -0.940. The van der Waals surface area contributed by atoms with E-state index in [0.29, 0.717) is 18.0 Å². The minimum absolute atomic E-state index is 0.0324. The number of nitrogen functional groups attached to an aromatic ring is 1. The van der Waals surface area contributed by atoms with Crippen LogP contribution in [0.1, 0.15) is 25.7 Å². The molecule has 0 radical (unpaired) electrons. The van der Waals surface area contributed by atoms with Gasteiger partial charge in [0.05, 0.1) is 12.2 Å². The molecule has 5 heteroatoms. The first-order valence-electron chi connectivity index (χ1n) is 7.10. The molecule has 1 aromatic carbocycles. The molecular weight excluding hydrogens is 277 g/mol. The van der Waals surface area contributed by atoms with Crippen LogP contribution < -0.4 is 10.5 Å². The van der Waals surface area contributed by atoms with E-state index in [4.69, 9.17) is 15.2 Å². The highest BCUT2D eigenvalue weighted by Crippen LogP contribution is 2.38. The summed E-state index contributed by atoms with van der Waals surface area (Å²) in [5, 5.41) is 0. The van der Waals surface area contributed by atoms with E-state index in [1.54, 1.807) is 12.1 Å². The van der Waals surface area contributed by atoms with Gasteiger partial charge in [-0.2, -0.15) is 11.8 Å². The monoisotopic (exact) mass is 297 g/mol. The van der Waals surface area contributed by atoms with E-state index >= 15 is 0 Å². The van der Waals surface area contributed by atoms with Gasteiger partial charge in [-0.1, -0.05) is 0 Å². The van der Waals surface area contributed by atoms with Gasteiger partial charge in [0.15, 0.2) is 11.6 Å². The normalized spacial score (nSPS) is 25.6. The van der Waals surface area contributed by atoms with Crippen LogP contribution in [0.4, 0.5) is 10.1 Å². The van der Waals surface area contributed by atoms with Crippen molar-refractivity contribution in [1.82, 2.24) is 0 Å². The summed E-state index contributed by atoms with van der Waals surface area (Å²) in [6.07, 6.45) is 3.85. The van der Waals surface area contributed by atoms with Crippen molar-refractivity contribution in [2.75, 3.05) is 23.8 Å². The molecule has 2 saturated heterocycles. The molecule has 2 aliphatic rings. The second-order valence-corrected chi connectivity index (χ2v) is 6.79. The minimum atomic E-state index is -0.384. The lowest BCUT2D eigenvalue weighted by molar-refractivity contribution is -0.116. The van der Waals surface area contributed by atoms with Gasteiger partial charge in [-0.3, -0.25) is 0 Å². The molecule has 2 N–H and O–H groups in total. The third-order valence-electron chi connectivity index (χ3n) is 4.10. The fraction of sp³-hybridized carbons (Fsp3) is 0.600. The van der Waals surface area contributed by atoms with Crippen LogP contribution in [-0.2, 0) is 4.74 Å². The largest absolute Gasteiger partial charge is 0.487 e. The Bertz CT molecular complexity index is 471. The molecule has 1 aromatic rings. The first-order chi connectivity index (χ1) is 9.67. The second-order valence-electron chi connectivity index (χ2n) is 5.57. The minimum Gasteiger partial charge on any atom is -0.487 e. The Morgan fingerprint density at radius 2 is 2.15 bits per heavy atom. The van der Waals surface area contributed by atoms with Crippen LogP contribution in [0, 0.1) is 5.82 Å². The Morgan fingerprint density at radius 3 is 2.90 bits per heavy atom. The lowest BCUT2D eigenvalue weighted by atomic mass is 9.86. The Kier molecular flexibility index (Phi) is 4.08. The summed E-state index contributed by atoms with van der Waals surface area (Å²) in [6.45, 7) is 0.700. The molecule has 1 atom stereocenters. The quantitative estimate of drug-likeness (QED) is 0.851. The van der Waals surface area contributed by atoms with Crippen molar-refractivity contribution in [1.29, 1.82) is 0 Å². The summed E-state index contributed by atoms with van der Waals surface area (Å²) < 4.78 is 25.7. The standard InChI is InChI=1S/C15H20FNO2S/c16-13-9-11(17)1-2-14(13)19-12-3-6-18-15(10-12)4-7-20-8-5-15/h1-2,9,12H,3-8,10,17H2. The second kappa shape index (κ2) is 5.82. The van der Waals surface area contributed by atoms with E-state index in [9.17, 15) is 4.39 Å². The third kappa shape index (κ3) is 3.04. The molecule has 2 heterocycles. The average molecular weight is 297 g/mol. The van der Waals surface area contributed by atoms with Crippen LogP contribution in [-0.4, -0.2) is 29.8 Å². The molecule has 1 spiro atoms. The summed E-state index contributed by atoms with van der Waals surface area (Å²) in [7, 11) is 0. The van der Waals surface area contributed by atoms with Gasteiger partial charge < -0.3 is 15.2 Å². The van der Waals surface area contributed by atoms with Crippen molar-refractivity contribution in [2.45, 2.75) is 37.4 Å². The van der Waals surface area contributed by atoms with Gasteiger partial charge in [0.2, 0.25) is 0 Å². The maximum absolute atomic E-state index is 13.8. The van der Waals surface area contributed by atoms with Gasteiger partial charge in [0, 0.05) is 24.6 Å². The van der Waals surface area contributed by atoms with Gasteiger partial charge in [-0.05, 0) is 36.5 Å². The van der Waals surface area contributed by atoms with Crippen LogP contribution in [0.5, 0.6) is 5.75 Å². The summed E-state index contributed by atoms with van der Waals surface area (Å²) >= 11 is 1.98. The molecule has 3 nitrogen and oxygen atoms in total. The fourth-order valence-electron chi connectivity index (χ4n) is 2.97. The SMILES string of the molecule is Nc1ccc(OC2CCOC3(CCSCC3)C2)c(F)c1. The number of anilines is 1. The smallest absolute Gasteiger partial charge is 0.167 e. The number of hydrogen-bond acceptors (Lipinski definition) is 4. The van der Waals surface area contributed by atoms with Crippen LogP contribution in [0.3, 0.4) is 0 Å². The van der Waals surface area contributed by atoms with Crippen molar-refractivity contribution >= 4 is 17.4 Å². The highest BCUT2D eigenvalue weighted by Gasteiger charge is 2.39. The molecule has 0 aliphatic carbocycles. The van der Waals surface area contributed by atoms with Crippen molar-refractivity contribution in [3.05, 3.63) is 24.0 Å². The summed E-state index contributed by atoms with van der Waals surface area (Å²) in [6, 6.07) is 4.59. The average Bonchev–Trinajstić information content (AvgIpc) is 2.43. The number of benzene rings is 1. The van der Waals surface area contributed by atoms with E-state index < -0.39 is 0 Å². The number of halogens is 1. The highest BCUT2D eigenvalue weighted by atomic mass is 32.2. The van der Waals surface area contributed by atoms with Gasteiger partial charge >= 0.3 is 0 Å². The van der Waals surface area contributed by atoms with E-state index in [1.807, 2.05) is 11.8 Å². The van der Waals surface area contributed by atoms with Gasteiger partial charge in [-0.25, -0.2) is 4.39 Å². The number of thioether (sulfide) groups is 1. The summed E-state index contributed by atoms with van der Waals surface area (Å²) in [5.74, 6) is 2.20. The lowest BCUT2D eigenvalue weighted by Gasteiger charge is -2.43. The number of rotatable bonds is 2. The zero-order chi connectivity index (χ0) is 14.0. The zero-order valence-electron chi connectivity index (χ0n) is 11.4. The molecule has 2 aliphatic heterocycles. The molecule has 20 heavy (non-hydrogen) atoms. The number of ether oxygens (including phenoxy) is 2. The molecule has 1 unspecified atom stereocenters. The van der Waals surface area contributed by atoms with Crippen LogP contribution in [0.15, 0.2) is 18.2 Å². The number of nitrogens with two attached hydrogens (primary N) is 1. The van der Waals surface area contributed by atoms with E-state index in [2.05, 4.69) is 0 Å². The Labute approximate surface area is 123 Å². The molecule has 0 aromatic heterocycles. The van der Waals surface area contributed by atoms with Crippen molar-refractivity contribution in [2.24, 2.45) is 0 Å². The van der Waals surface area contributed by atoms with Crippen LogP contribution in [0.25, 0.3) is 0 Å². The van der Waals surface area contributed by atoms with E-state index in [-0.39, 0.29) is 17.5 Å². The summed E-state index contributed by atoms with van der Waals surface area (Å²) in [4.78, 5) is 0. The van der Waals surface area contributed by atoms with E-state index in [1.165, 1.54) is 6.07 Å². The molecule has 0 amide bonds. The maximum atomic E-state index is 13.8. The van der Waals surface area contributed by atoms with Gasteiger partial charge in [0.1, 0.15) is 6.10 Å². The fourth-order valence-corrected chi connectivity index (χ4v) is 4.20. The molecule has 0 bridgehead atoms. The number of hydrogen-bond donors (Lipinski definition) is 1. The van der Waals surface area contributed by atoms with Crippen LogP contribution >= 0.6 is 11.8 Å². The molecule has 110 valence electrons. The molecule has 0 saturated carbocycles. The Balaban J connectivity index is 1.68. The third-order valence-corrected chi connectivity index (χ3v) is 5.09. The van der Waals surface area contributed by atoms with E-state index in [0.717, 1.165) is 37.2 Å². The highest BCUT2D eigenvalue weighted by molar-refractivity contribution is 7.99. The first kappa shape index (κ1) is 14.0.